The molecule has 0 bridgehead atoms. The average molecular weight is 420 g/mol. The van der Waals surface area contributed by atoms with Crippen molar-refractivity contribution in [2.24, 2.45) is 5.92 Å². The van der Waals surface area contributed by atoms with E-state index in [-0.39, 0.29) is 18.5 Å². The summed E-state index contributed by atoms with van der Waals surface area (Å²) in [4.78, 5) is 14.7. The number of nitrogens with zero attached hydrogens (tertiary/aromatic N) is 2. The second-order valence-electron chi connectivity index (χ2n) is 8.42. The second-order valence-corrected chi connectivity index (χ2v) is 8.42. The van der Waals surface area contributed by atoms with Crippen molar-refractivity contribution in [3.63, 3.8) is 0 Å². The third-order valence-electron chi connectivity index (χ3n) is 5.55. The predicted octanol–water partition coefficient (Wildman–Crippen LogP) is 2.91. The Morgan fingerprint density at radius 3 is 2.26 bits per heavy atom. The van der Waals surface area contributed by atoms with E-state index in [2.05, 4.69) is 83.2 Å². The van der Waals surface area contributed by atoms with Gasteiger partial charge in [0.05, 0.1) is 12.1 Å². The van der Waals surface area contributed by atoms with Crippen LogP contribution in [-0.4, -0.2) is 44.7 Å². The number of piperazine rings is 1. The van der Waals surface area contributed by atoms with Crippen molar-refractivity contribution in [3.8, 4) is 17.2 Å². The number of nitrogens with one attached hydrogen (secondary N) is 3. The zero-order valence-electron chi connectivity index (χ0n) is 18.5. The molecule has 1 aliphatic rings. The molecule has 0 aromatic heterocycles. The fraction of sp³-hybridized carbons (Fsp3) is 0.440. The first kappa shape index (κ1) is 22.8. The Labute approximate surface area is 185 Å². The van der Waals surface area contributed by atoms with Crippen LogP contribution < -0.4 is 20.9 Å². The van der Waals surface area contributed by atoms with Crippen LogP contribution in [0.4, 0.5) is 5.69 Å². The monoisotopic (exact) mass is 419 g/mol. The van der Waals surface area contributed by atoms with Gasteiger partial charge in [0.1, 0.15) is 6.54 Å². The van der Waals surface area contributed by atoms with Gasteiger partial charge >= 0.3 is 0 Å². The van der Waals surface area contributed by atoms with Crippen LogP contribution >= 0.6 is 0 Å². The molecule has 1 fully saturated rings. The lowest BCUT2D eigenvalue weighted by atomic mass is 10.0. The third kappa shape index (κ3) is 6.81. The number of anilines is 1. The van der Waals surface area contributed by atoms with Crippen LogP contribution in [0.3, 0.4) is 0 Å². The van der Waals surface area contributed by atoms with E-state index in [1.165, 1.54) is 16.8 Å². The lowest BCUT2D eigenvalue weighted by Crippen LogP contribution is -2.44. The van der Waals surface area contributed by atoms with Gasteiger partial charge in [-0.25, -0.2) is 0 Å². The highest BCUT2D eigenvalue weighted by Crippen LogP contribution is 2.24. The van der Waals surface area contributed by atoms with Crippen LogP contribution in [0.1, 0.15) is 25.8 Å². The highest BCUT2D eigenvalue weighted by atomic mass is 16.2. The molecular weight excluding hydrogens is 386 g/mol. The molecule has 1 aliphatic heterocycles. The van der Waals surface area contributed by atoms with E-state index in [1.54, 1.807) is 0 Å². The van der Waals surface area contributed by atoms with Gasteiger partial charge < -0.3 is 20.9 Å². The summed E-state index contributed by atoms with van der Waals surface area (Å²) in [6.45, 7) is 9.01. The second kappa shape index (κ2) is 11.5. The van der Waals surface area contributed by atoms with E-state index in [9.17, 15) is 4.79 Å². The predicted molar refractivity (Wildman–Crippen MR) is 126 cm³/mol. The van der Waals surface area contributed by atoms with E-state index in [0.29, 0.717) is 12.5 Å². The fourth-order valence-electron chi connectivity index (χ4n) is 3.85. The Morgan fingerprint density at radius 1 is 1.06 bits per heavy atom. The Kier molecular flexibility index (Phi) is 8.45. The maximum Gasteiger partial charge on any atom is 0.237 e. The van der Waals surface area contributed by atoms with E-state index in [0.717, 1.165) is 38.2 Å². The molecule has 0 spiro atoms. The topological polar surface area (TPSA) is 80.2 Å². The summed E-state index contributed by atoms with van der Waals surface area (Å²) in [5, 5.41) is 18.1. The molecular formula is C25H33N5O. The van der Waals surface area contributed by atoms with Crippen LogP contribution in [0.5, 0.6) is 0 Å². The van der Waals surface area contributed by atoms with Gasteiger partial charge in [-0.2, -0.15) is 5.26 Å². The van der Waals surface area contributed by atoms with Crippen LogP contribution in [0, 0.1) is 17.2 Å². The lowest BCUT2D eigenvalue weighted by molar-refractivity contribution is -0.123. The number of carbonyl (C=O) groups is 1. The number of hydrogen-bond acceptors (Lipinski definition) is 5. The van der Waals surface area contributed by atoms with E-state index in [1.807, 2.05) is 6.07 Å². The van der Waals surface area contributed by atoms with Crippen molar-refractivity contribution >= 4 is 11.6 Å². The van der Waals surface area contributed by atoms with E-state index < -0.39 is 0 Å². The van der Waals surface area contributed by atoms with Crippen molar-refractivity contribution in [1.82, 2.24) is 16.0 Å². The number of amides is 1. The number of nitriles is 1. The molecule has 1 atom stereocenters. The number of benzene rings is 2. The van der Waals surface area contributed by atoms with Gasteiger partial charge in [-0.3, -0.25) is 4.79 Å². The average Bonchev–Trinajstić information content (AvgIpc) is 2.81. The first-order valence-corrected chi connectivity index (χ1v) is 11.1. The molecule has 1 saturated heterocycles. The summed E-state index contributed by atoms with van der Waals surface area (Å²) in [5.74, 6) is 0.272. The Hall–Kier alpha value is -2.88. The number of hydrogen-bond donors (Lipinski definition) is 3. The first-order valence-electron chi connectivity index (χ1n) is 11.1. The number of carbonyl (C=O) groups excluding carboxylic acids is 1. The van der Waals surface area contributed by atoms with Gasteiger partial charge in [0.2, 0.25) is 5.91 Å². The van der Waals surface area contributed by atoms with Gasteiger partial charge in [-0.1, -0.05) is 50.2 Å². The summed E-state index contributed by atoms with van der Waals surface area (Å²) >= 11 is 0. The lowest BCUT2D eigenvalue weighted by Gasteiger charge is -2.29. The standard InChI is InChI=1S/C25H33N5O/c1-19(2)17-24(25(31)28-12-11-26)29-18-20-3-5-21(6-4-20)22-7-9-23(10-8-22)30-15-13-27-14-16-30/h3-10,19,24,27,29H,12-18H2,1-2H3,(H,28,31)/t24-/m0/s1. The van der Waals surface area contributed by atoms with E-state index in [4.69, 9.17) is 5.26 Å². The van der Waals surface area contributed by atoms with Crippen molar-refractivity contribution in [2.45, 2.75) is 32.9 Å². The highest BCUT2D eigenvalue weighted by Gasteiger charge is 2.18. The molecule has 3 rings (SSSR count). The maximum atomic E-state index is 12.3. The van der Waals surface area contributed by atoms with Crippen LogP contribution in [0.25, 0.3) is 11.1 Å². The Balaban J connectivity index is 1.58. The Morgan fingerprint density at radius 2 is 1.68 bits per heavy atom. The maximum absolute atomic E-state index is 12.3. The molecule has 6 heteroatoms. The third-order valence-corrected chi connectivity index (χ3v) is 5.55. The highest BCUT2D eigenvalue weighted by molar-refractivity contribution is 5.81. The summed E-state index contributed by atoms with van der Waals surface area (Å²) in [6, 6.07) is 18.9. The first-order chi connectivity index (χ1) is 15.1. The molecule has 0 radical (unpaired) electrons. The summed E-state index contributed by atoms with van der Waals surface area (Å²) in [6.07, 6.45) is 0.731. The smallest absolute Gasteiger partial charge is 0.237 e. The molecule has 2 aromatic carbocycles. The van der Waals surface area contributed by atoms with Crippen molar-refractivity contribution < 1.29 is 4.79 Å². The quantitative estimate of drug-likeness (QED) is 0.545. The molecule has 1 amide bonds. The molecule has 2 aromatic rings. The minimum atomic E-state index is -0.300. The molecule has 6 nitrogen and oxygen atoms in total. The van der Waals surface area contributed by atoms with E-state index >= 15 is 0 Å². The largest absolute Gasteiger partial charge is 0.369 e. The zero-order valence-corrected chi connectivity index (χ0v) is 18.5. The van der Waals surface area contributed by atoms with Crippen LogP contribution in [0.2, 0.25) is 0 Å². The van der Waals surface area contributed by atoms with Gasteiger partial charge in [-0.15, -0.1) is 0 Å². The van der Waals surface area contributed by atoms with Gasteiger partial charge in [0.15, 0.2) is 0 Å². The van der Waals surface area contributed by atoms with Crippen molar-refractivity contribution in [1.29, 1.82) is 5.26 Å². The summed E-state index contributed by atoms with van der Waals surface area (Å²) < 4.78 is 0. The van der Waals surface area contributed by atoms with Crippen molar-refractivity contribution in [3.05, 3.63) is 54.1 Å². The van der Waals surface area contributed by atoms with Crippen molar-refractivity contribution in [2.75, 3.05) is 37.6 Å². The summed E-state index contributed by atoms with van der Waals surface area (Å²) in [7, 11) is 0. The minimum Gasteiger partial charge on any atom is -0.369 e. The minimum absolute atomic E-state index is 0.0389. The molecule has 0 aliphatic carbocycles. The van der Waals surface area contributed by atoms with Gasteiger partial charge in [-0.05, 0) is 41.2 Å². The molecule has 1 heterocycles. The van der Waals surface area contributed by atoms with Gasteiger partial charge in [0, 0.05) is 38.4 Å². The van der Waals surface area contributed by atoms with Crippen LogP contribution in [0.15, 0.2) is 48.5 Å². The Bertz CT molecular complexity index is 864. The molecule has 0 saturated carbocycles. The number of rotatable bonds is 9. The molecule has 164 valence electrons. The summed E-state index contributed by atoms with van der Waals surface area (Å²) in [5.41, 5.74) is 4.79. The molecule has 0 unspecified atom stereocenters. The molecule has 3 N–H and O–H groups in total. The molecule has 31 heavy (non-hydrogen) atoms. The fourth-order valence-corrected chi connectivity index (χ4v) is 3.85. The SMILES string of the molecule is CC(C)C[C@H](NCc1ccc(-c2ccc(N3CCNCC3)cc2)cc1)C(=O)NCC#N. The van der Waals surface area contributed by atoms with Crippen LogP contribution in [-0.2, 0) is 11.3 Å². The normalized spacial score (nSPS) is 14.8. The zero-order chi connectivity index (χ0) is 22.1. The van der Waals surface area contributed by atoms with Gasteiger partial charge in [0.25, 0.3) is 0 Å².